The van der Waals surface area contributed by atoms with Crippen molar-refractivity contribution in [2.45, 2.75) is 19.3 Å². The molecule has 1 aliphatic heterocycles. The Hall–Kier alpha value is -0.940. The van der Waals surface area contributed by atoms with E-state index in [0.717, 1.165) is 19.7 Å². The van der Waals surface area contributed by atoms with E-state index < -0.39 is 0 Å². The third kappa shape index (κ3) is 4.38. The molecule has 2 rings (SSSR count). The predicted octanol–water partition coefficient (Wildman–Crippen LogP) is 1.34. The lowest BCUT2D eigenvalue weighted by atomic mass is 10.1. The summed E-state index contributed by atoms with van der Waals surface area (Å²) in [6, 6.07) is 8.41. The largest absolute Gasteiger partial charge is 0.380 e. The second-order valence-corrected chi connectivity index (χ2v) is 4.45. The highest BCUT2D eigenvalue weighted by atomic mass is 16.6. The monoisotopic (exact) mass is 251 g/mol. The first-order valence-electron chi connectivity index (χ1n) is 6.35. The summed E-state index contributed by atoms with van der Waals surface area (Å²) in [5.41, 5.74) is 2.47. The molecule has 0 spiro atoms. The van der Waals surface area contributed by atoms with E-state index in [4.69, 9.17) is 14.2 Å². The van der Waals surface area contributed by atoms with Crippen molar-refractivity contribution in [3.63, 3.8) is 0 Å². The lowest BCUT2D eigenvalue weighted by Gasteiger charge is -2.23. The van der Waals surface area contributed by atoms with Crippen LogP contribution < -0.4 is 5.32 Å². The van der Waals surface area contributed by atoms with Gasteiger partial charge >= 0.3 is 0 Å². The van der Waals surface area contributed by atoms with Gasteiger partial charge in [0.15, 0.2) is 0 Å². The van der Waals surface area contributed by atoms with Crippen LogP contribution in [0.4, 0.5) is 0 Å². The molecule has 1 aromatic carbocycles. The van der Waals surface area contributed by atoms with Crippen LogP contribution in [0.1, 0.15) is 11.1 Å². The van der Waals surface area contributed by atoms with Crippen molar-refractivity contribution in [3.05, 3.63) is 35.4 Å². The molecule has 1 aromatic rings. The quantitative estimate of drug-likeness (QED) is 0.828. The van der Waals surface area contributed by atoms with Gasteiger partial charge in [-0.05, 0) is 11.1 Å². The highest BCUT2D eigenvalue weighted by molar-refractivity contribution is 5.22. The molecule has 4 heteroatoms. The van der Waals surface area contributed by atoms with E-state index in [9.17, 15) is 0 Å². The Labute approximate surface area is 108 Å². The molecule has 1 unspecified atom stereocenters. The Balaban J connectivity index is 1.73. The van der Waals surface area contributed by atoms with Crippen LogP contribution in [-0.4, -0.2) is 39.6 Å². The molecule has 0 saturated carbocycles. The Morgan fingerprint density at radius 2 is 2.22 bits per heavy atom. The lowest BCUT2D eigenvalue weighted by Crippen LogP contribution is -2.37. The van der Waals surface area contributed by atoms with Gasteiger partial charge < -0.3 is 19.5 Å². The van der Waals surface area contributed by atoms with Crippen molar-refractivity contribution in [2.24, 2.45) is 0 Å². The van der Waals surface area contributed by atoms with Gasteiger partial charge in [0.05, 0.1) is 32.5 Å². The molecular weight excluding hydrogens is 230 g/mol. The second-order valence-electron chi connectivity index (χ2n) is 4.45. The molecule has 1 saturated heterocycles. The first-order valence-corrected chi connectivity index (χ1v) is 6.35. The van der Waals surface area contributed by atoms with E-state index in [1.165, 1.54) is 11.1 Å². The maximum atomic E-state index is 5.57. The molecular formula is C14H21NO3. The van der Waals surface area contributed by atoms with Crippen molar-refractivity contribution in [3.8, 4) is 0 Å². The van der Waals surface area contributed by atoms with Crippen LogP contribution in [0.25, 0.3) is 0 Å². The fraction of sp³-hybridized carbons (Fsp3) is 0.571. The minimum Gasteiger partial charge on any atom is -0.380 e. The van der Waals surface area contributed by atoms with Gasteiger partial charge in [0.2, 0.25) is 0 Å². The summed E-state index contributed by atoms with van der Waals surface area (Å²) >= 11 is 0. The summed E-state index contributed by atoms with van der Waals surface area (Å²) in [6.45, 7) is 4.45. The van der Waals surface area contributed by atoms with Gasteiger partial charge in [0.1, 0.15) is 0 Å². The topological polar surface area (TPSA) is 39.7 Å². The number of hydrogen-bond acceptors (Lipinski definition) is 4. The average molecular weight is 251 g/mol. The summed E-state index contributed by atoms with van der Waals surface area (Å²) in [7, 11) is 1.71. The maximum absolute atomic E-state index is 5.57. The van der Waals surface area contributed by atoms with Gasteiger partial charge in [0, 0.05) is 20.2 Å². The Morgan fingerprint density at radius 1 is 1.33 bits per heavy atom. The molecule has 1 N–H and O–H groups in total. The van der Waals surface area contributed by atoms with Crippen LogP contribution in [0.2, 0.25) is 0 Å². The molecule has 1 heterocycles. The minimum atomic E-state index is 0.181. The number of ether oxygens (including phenoxy) is 3. The van der Waals surface area contributed by atoms with Gasteiger partial charge in [0.25, 0.3) is 0 Å². The minimum absolute atomic E-state index is 0.181. The molecule has 0 aliphatic carbocycles. The molecule has 4 nitrogen and oxygen atoms in total. The van der Waals surface area contributed by atoms with Gasteiger partial charge in [-0.25, -0.2) is 0 Å². The van der Waals surface area contributed by atoms with E-state index in [1.807, 2.05) is 0 Å². The second kappa shape index (κ2) is 7.48. The summed E-state index contributed by atoms with van der Waals surface area (Å²) < 4.78 is 16.1. The SMILES string of the molecule is COCc1cccc(CNCC2COCCO2)c1. The normalized spacial score (nSPS) is 19.9. The fourth-order valence-electron chi connectivity index (χ4n) is 2.03. The molecule has 0 aromatic heterocycles. The molecule has 0 amide bonds. The van der Waals surface area contributed by atoms with Crippen LogP contribution in [0.3, 0.4) is 0 Å². The molecule has 0 bridgehead atoms. The van der Waals surface area contributed by atoms with Crippen molar-refractivity contribution in [2.75, 3.05) is 33.5 Å². The first-order chi connectivity index (χ1) is 8.88. The number of methoxy groups -OCH3 is 1. The van der Waals surface area contributed by atoms with E-state index in [2.05, 4.69) is 29.6 Å². The predicted molar refractivity (Wildman–Crippen MR) is 69.4 cm³/mol. The van der Waals surface area contributed by atoms with E-state index in [-0.39, 0.29) is 6.10 Å². The van der Waals surface area contributed by atoms with Crippen molar-refractivity contribution in [1.82, 2.24) is 5.32 Å². The summed E-state index contributed by atoms with van der Waals surface area (Å²) in [4.78, 5) is 0. The molecule has 18 heavy (non-hydrogen) atoms. The van der Waals surface area contributed by atoms with Crippen molar-refractivity contribution < 1.29 is 14.2 Å². The number of benzene rings is 1. The van der Waals surface area contributed by atoms with Crippen molar-refractivity contribution >= 4 is 0 Å². The van der Waals surface area contributed by atoms with Crippen LogP contribution >= 0.6 is 0 Å². The van der Waals surface area contributed by atoms with Gasteiger partial charge in [-0.3, -0.25) is 0 Å². The maximum Gasteiger partial charge on any atom is 0.0933 e. The average Bonchev–Trinajstić information content (AvgIpc) is 2.41. The van der Waals surface area contributed by atoms with Gasteiger partial charge in [-0.1, -0.05) is 24.3 Å². The Kier molecular flexibility index (Phi) is 5.61. The van der Waals surface area contributed by atoms with Crippen LogP contribution in [0.5, 0.6) is 0 Å². The zero-order chi connectivity index (χ0) is 12.6. The summed E-state index contributed by atoms with van der Waals surface area (Å²) in [6.07, 6.45) is 0.181. The third-order valence-corrected chi connectivity index (χ3v) is 2.89. The highest BCUT2D eigenvalue weighted by Crippen LogP contribution is 2.06. The van der Waals surface area contributed by atoms with Crippen molar-refractivity contribution in [1.29, 1.82) is 0 Å². The molecule has 1 atom stereocenters. The van der Waals surface area contributed by atoms with Crippen LogP contribution in [0.15, 0.2) is 24.3 Å². The molecule has 0 radical (unpaired) electrons. The molecule has 1 aliphatic rings. The third-order valence-electron chi connectivity index (χ3n) is 2.89. The van der Waals surface area contributed by atoms with Crippen LogP contribution in [0, 0.1) is 0 Å². The lowest BCUT2D eigenvalue weighted by molar-refractivity contribution is -0.0864. The zero-order valence-electron chi connectivity index (χ0n) is 10.9. The van der Waals surface area contributed by atoms with E-state index in [0.29, 0.717) is 19.8 Å². The summed E-state index contributed by atoms with van der Waals surface area (Å²) in [5, 5.41) is 3.39. The smallest absolute Gasteiger partial charge is 0.0933 e. The van der Waals surface area contributed by atoms with E-state index >= 15 is 0 Å². The molecule has 1 fully saturated rings. The Bertz CT molecular complexity index is 351. The van der Waals surface area contributed by atoms with Gasteiger partial charge in [-0.2, -0.15) is 0 Å². The number of hydrogen-bond donors (Lipinski definition) is 1. The highest BCUT2D eigenvalue weighted by Gasteiger charge is 2.13. The Morgan fingerprint density at radius 3 is 3.00 bits per heavy atom. The standard InChI is InChI=1S/C14H21NO3/c1-16-10-13-4-2-3-12(7-13)8-15-9-14-11-17-5-6-18-14/h2-4,7,14-15H,5-6,8-11H2,1H3. The van der Waals surface area contributed by atoms with E-state index in [1.54, 1.807) is 7.11 Å². The number of rotatable bonds is 6. The number of nitrogens with one attached hydrogen (secondary N) is 1. The van der Waals surface area contributed by atoms with Crippen LogP contribution in [-0.2, 0) is 27.4 Å². The van der Waals surface area contributed by atoms with Gasteiger partial charge in [-0.15, -0.1) is 0 Å². The summed E-state index contributed by atoms with van der Waals surface area (Å²) in [5.74, 6) is 0. The fourth-order valence-corrected chi connectivity index (χ4v) is 2.03. The molecule has 100 valence electrons. The first kappa shape index (κ1) is 13.5. The zero-order valence-corrected chi connectivity index (χ0v) is 10.9.